The molecule has 6 nitrogen and oxygen atoms in total. The van der Waals surface area contributed by atoms with Gasteiger partial charge in [0.1, 0.15) is 17.3 Å². The van der Waals surface area contributed by atoms with Gasteiger partial charge in [0.2, 0.25) is 0 Å². The van der Waals surface area contributed by atoms with Gasteiger partial charge < -0.3 is 15.3 Å². The zero-order chi connectivity index (χ0) is 43.0. The third kappa shape index (κ3) is 9.35. The first kappa shape index (κ1) is 48.8. The van der Waals surface area contributed by atoms with Crippen LogP contribution in [0, 0.1) is 39.9 Å². The molecule has 0 radical (unpaired) electrons. The standard InChI is InChI=1S/2C18H24O2S.C15H24O2.CH4/c2*1-13-16(19)9-11-17(2)10-8-15(12-18(13,17)20)21-14-6-4-3-5-7-14;1-10(2)12-5-7-14(4)8-6-13(16)11(3)15(14,17)9-12;/h2*3-7,13,15,20H,8-12H2,1-2H3;11-12,17H,1,5-9H2,2-4H3;1H4/t13-,15+,17+,18+;13-,15-,17+,18+;11-,12+,14+,15+;/m000./s1. The summed E-state index contributed by atoms with van der Waals surface area (Å²) < 4.78 is 0. The third-order valence-electron chi connectivity index (χ3n) is 17.0. The molecule has 6 aliphatic rings. The summed E-state index contributed by atoms with van der Waals surface area (Å²) in [4.78, 5) is 38.6. The van der Waals surface area contributed by atoms with Crippen LogP contribution >= 0.6 is 23.5 Å². The van der Waals surface area contributed by atoms with Crippen LogP contribution in [0.2, 0.25) is 0 Å². The lowest BCUT2D eigenvalue weighted by Crippen LogP contribution is -2.60. The molecule has 6 saturated carbocycles. The number of ketones is 3. The number of benzene rings is 2. The Bertz CT molecular complexity index is 1740. The van der Waals surface area contributed by atoms with Gasteiger partial charge in [0.05, 0.1) is 16.8 Å². The van der Waals surface area contributed by atoms with Gasteiger partial charge in [0.25, 0.3) is 0 Å². The minimum Gasteiger partial charge on any atom is -0.389 e. The molecule has 8 rings (SSSR count). The molecule has 0 aromatic heterocycles. The van der Waals surface area contributed by atoms with Crippen LogP contribution in [0.15, 0.2) is 82.6 Å². The molecular formula is C52H76O6S2. The van der Waals surface area contributed by atoms with Gasteiger partial charge >= 0.3 is 0 Å². The molecule has 0 saturated heterocycles. The lowest BCUT2D eigenvalue weighted by atomic mass is 9.51. The maximum absolute atomic E-state index is 12.1. The molecule has 0 amide bonds. The van der Waals surface area contributed by atoms with Crippen molar-refractivity contribution in [1.29, 1.82) is 0 Å². The van der Waals surface area contributed by atoms with E-state index >= 15 is 0 Å². The summed E-state index contributed by atoms with van der Waals surface area (Å²) in [6.07, 6.45) is 13.0. The largest absolute Gasteiger partial charge is 0.389 e. The Labute approximate surface area is 370 Å². The topological polar surface area (TPSA) is 112 Å². The highest BCUT2D eigenvalue weighted by Gasteiger charge is 2.60. The Kier molecular flexibility index (Phi) is 15.3. The van der Waals surface area contributed by atoms with Crippen LogP contribution in [0.1, 0.15) is 152 Å². The molecule has 2 aromatic rings. The molecule has 12 atom stereocenters. The quantitative estimate of drug-likeness (QED) is 0.255. The predicted molar refractivity (Wildman–Crippen MR) is 248 cm³/mol. The van der Waals surface area contributed by atoms with E-state index in [2.05, 4.69) is 75.9 Å². The Hall–Kier alpha value is -2.23. The van der Waals surface area contributed by atoms with Crippen LogP contribution in [-0.4, -0.2) is 60.0 Å². The van der Waals surface area contributed by atoms with Gasteiger partial charge in [-0.1, -0.05) is 97.5 Å². The summed E-state index contributed by atoms with van der Waals surface area (Å²) in [5.41, 5.74) is -1.58. The van der Waals surface area contributed by atoms with E-state index in [-0.39, 0.29) is 58.8 Å². The summed E-state index contributed by atoms with van der Waals surface area (Å²) in [6, 6.07) is 20.8. The fourth-order valence-corrected chi connectivity index (χ4v) is 14.5. The van der Waals surface area contributed by atoms with Gasteiger partial charge in [-0.05, 0) is 130 Å². The van der Waals surface area contributed by atoms with Gasteiger partial charge in [-0.2, -0.15) is 0 Å². The summed E-state index contributed by atoms with van der Waals surface area (Å²) in [5, 5.41) is 34.5. The van der Waals surface area contributed by atoms with Gasteiger partial charge in [0, 0.05) is 57.3 Å². The molecule has 6 aliphatic carbocycles. The van der Waals surface area contributed by atoms with E-state index in [9.17, 15) is 29.7 Å². The molecule has 0 spiro atoms. The fraction of sp³-hybridized carbons (Fsp3) is 0.673. The molecule has 0 aliphatic heterocycles. The molecule has 0 bridgehead atoms. The van der Waals surface area contributed by atoms with Gasteiger partial charge in [-0.3, -0.25) is 14.4 Å². The average molecular weight is 861 g/mol. The first-order valence-corrected chi connectivity index (χ1v) is 24.3. The van der Waals surface area contributed by atoms with Crippen LogP contribution in [0.3, 0.4) is 0 Å². The summed E-state index contributed by atoms with van der Waals surface area (Å²) in [5.74, 6) is 0.406. The van der Waals surface area contributed by atoms with Crippen LogP contribution < -0.4 is 0 Å². The number of carbonyl (C=O) groups excluding carboxylic acids is 3. The number of carbonyl (C=O) groups is 3. The Morgan fingerprint density at radius 2 is 0.867 bits per heavy atom. The molecular weight excluding hydrogens is 785 g/mol. The summed E-state index contributed by atoms with van der Waals surface area (Å²) >= 11 is 3.70. The van der Waals surface area contributed by atoms with Crippen molar-refractivity contribution in [2.24, 2.45) is 39.9 Å². The second kappa shape index (κ2) is 18.9. The lowest BCUT2D eigenvalue weighted by molar-refractivity contribution is -0.180. The molecule has 3 N–H and O–H groups in total. The highest BCUT2D eigenvalue weighted by molar-refractivity contribution is 8.00. The van der Waals surface area contributed by atoms with Gasteiger partial charge in [-0.25, -0.2) is 0 Å². The maximum atomic E-state index is 12.1. The van der Waals surface area contributed by atoms with Crippen molar-refractivity contribution in [2.75, 3.05) is 0 Å². The number of rotatable bonds is 5. The van der Waals surface area contributed by atoms with Gasteiger partial charge in [-0.15, -0.1) is 23.5 Å². The predicted octanol–water partition coefficient (Wildman–Crippen LogP) is 11.9. The van der Waals surface area contributed by atoms with E-state index in [0.717, 1.165) is 76.2 Å². The Morgan fingerprint density at radius 3 is 1.20 bits per heavy atom. The molecule has 8 heteroatoms. The van der Waals surface area contributed by atoms with Crippen LogP contribution in [0.5, 0.6) is 0 Å². The first-order valence-electron chi connectivity index (χ1n) is 22.5. The lowest BCUT2D eigenvalue weighted by Gasteiger charge is -2.56. The van der Waals surface area contributed by atoms with E-state index < -0.39 is 16.8 Å². The molecule has 332 valence electrons. The molecule has 6 fully saturated rings. The molecule has 60 heavy (non-hydrogen) atoms. The number of aliphatic hydroxyl groups is 3. The van der Waals surface area contributed by atoms with Gasteiger partial charge in [0.15, 0.2) is 0 Å². The second-order valence-corrected chi connectivity index (χ2v) is 23.1. The average Bonchev–Trinajstić information content (AvgIpc) is 3.21. The van der Waals surface area contributed by atoms with Crippen LogP contribution in [0.25, 0.3) is 0 Å². The van der Waals surface area contributed by atoms with Crippen molar-refractivity contribution >= 4 is 40.9 Å². The van der Waals surface area contributed by atoms with Crippen molar-refractivity contribution in [1.82, 2.24) is 0 Å². The minimum absolute atomic E-state index is 0. The van der Waals surface area contributed by atoms with Crippen molar-refractivity contribution in [2.45, 2.75) is 189 Å². The Balaban J connectivity index is 0.000000170. The first-order chi connectivity index (χ1) is 27.7. The van der Waals surface area contributed by atoms with E-state index in [1.807, 2.05) is 63.4 Å². The number of allylic oxidation sites excluding steroid dienone is 1. The van der Waals surface area contributed by atoms with Crippen molar-refractivity contribution < 1.29 is 29.7 Å². The number of hydrogen-bond acceptors (Lipinski definition) is 8. The molecule has 2 aromatic carbocycles. The summed E-state index contributed by atoms with van der Waals surface area (Å²) in [7, 11) is 0. The maximum Gasteiger partial charge on any atom is 0.138 e. The van der Waals surface area contributed by atoms with Crippen molar-refractivity contribution in [3.05, 3.63) is 72.8 Å². The fourth-order valence-electron chi connectivity index (χ4n) is 12.0. The monoisotopic (exact) mass is 861 g/mol. The van der Waals surface area contributed by atoms with E-state index in [1.54, 1.807) is 0 Å². The van der Waals surface area contributed by atoms with E-state index in [4.69, 9.17) is 0 Å². The highest BCUT2D eigenvalue weighted by Crippen LogP contribution is 2.59. The zero-order valence-corrected chi connectivity index (χ0v) is 38.6. The smallest absolute Gasteiger partial charge is 0.138 e. The van der Waals surface area contributed by atoms with Crippen LogP contribution in [0.4, 0.5) is 0 Å². The van der Waals surface area contributed by atoms with Crippen molar-refractivity contribution in [3.63, 3.8) is 0 Å². The number of Topliss-reactive ketones (excluding diaryl/α,β-unsaturated/α-hetero) is 3. The third-order valence-corrected chi connectivity index (χ3v) is 19.6. The van der Waals surface area contributed by atoms with E-state index in [1.165, 1.54) is 9.79 Å². The minimum atomic E-state index is -0.826. The molecule has 0 unspecified atom stereocenters. The zero-order valence-electron chi connectivity index (χ0n) is 36.9. The number of thioether (sulfide) groups is 2. The van der Waals surface area contributed by atoms with E-state index in [0.29, 0.717) is 42.1 Å². The second-order valence-electron chi connectivity index (χ2n) is 20.4. The summed E-state index contributed by atoms with van der Waals surface area (Å²) in [6.45, 7) is 18.3. The SMILES string of the molecule is C.C=C(C)[C@@H]1CC[C@]2(C)CCC(=O)[C@H](C)[C@]2(O)C1.C[C@H]1C(=O)CC[C@@]2(C)CC[C@@H](Sc3ccccc3)C[C@@]12O.C[C@H]1C(=O)CC[C@@]2(C)CC[C@H](Sc3ccccc3)C[C@@]12O. The number of hydrogen-bond donors (Lipinski definition) is 3. The Morgan fingerprint density at radius 1 is 0.550 bits per heavy atom. The number of fused-ring (bicyclic) bond motifs is 3. The normalized spacial score (nSPS) is 41.1. The molecule has 0 heterocycles. The van der Waals surface area contributed by atoms with Crippen molar-refractivity contribution in [3.8, 4) is 0 Å². The highest BCUT2D eigenvalue weighted by atomic mass is 32.2. The van der Waals surface area contributed by atoms with Crippen LogP contribution in [-0.2, 0) is 14.4 Å².